The zero-order valence-corrected chi connectivity index (χ0v) is 14.8. The minimum absolute atomic E-state index is 0.0779. The molecule has 0 unspecified atom stereocenters. The fraction of sp³-hybridized carbons (Fsp3) is 0.333. The number of nitrogens with one attached hydrogen (secondary N) is 1. The van der Waals surface area contributed by atoms with Crippen LogP contribution in [0.15, 0.2) is 48.8 Å². The maximum Gasteiger partial charge on any atom is 0.317 e. The molecule has 0 saturated carbocycles. The Morgan fingerprint density at radius 3 is 2.71 bits per heavy atom. The first-order valence-corrected chi connectivity index (χ1v) is 8.09. The van der Waals surface area contributed by atoms with Crippen LogP contribution in [0.4, 0.5) is 4.79 Å². The van der Waals surface area contributed by atoms with Gasteiger partial charge in [0.1, 0.15) is 0 Å². The van der Waals surface area contributed by atoms with Gasteiger partial charge < -0.3 is 15.0 Å². The highest BCUT2D eigenvalue weighted by Gasteiger charge is 2.19. The zero-order valence-electron chi connectivity index (χ0n) is 14.1. The number of benzene rings is 1. The number of ether oxygens (including phenoxy) is 1. The summed E-state index contributed by atoms with van der Waals surface area (Å²) in [6, 6.07) is 11.0. The van der Waals surface area contributed by atoms with Crippen molar-refractivity contribution < 1.29 is 9.53 Å². The van der Waals surface area contributed by atoms with Crippen molar-refractivity contribution in [1.82, 2.24) is 15.2 Å². The second kappa shape index (κ2) is 8.66. The number of rotatable bonds is 6. The normalized spacial score (nSPS) is 13.2. The summed E-state index contributed by atoms with van der Waals surface area (Å²) in [6.45, 7) is 2.32. The predicted molar refractivity (Wildman–Crippen MR) is 95.0 cm³/mol. The number of hydrogen-bond donors (Lipinski definition) is 1. The van der Waals surface area contributed by atoms with Gasteiger partial charge in [-0.05, 0) is 36.2 Å². The monoisotopic (exact) mass is 347 g/mol. The number of aromatic nitrogens is 1. The molecule has 2 rings (SSSR count). The highest BCUT2D eigenvalue weighted by atomic mass is 35.5. The molecular formula is C18H22ClN3O2. The molecule has 2 aromatic rings. The van der Waals surface area contributed by atoms with E-state index < -0.39 is 0 Å². The minimum Gasteiger partial charge on any atom is -0.375 e. The SMILES string of the molecule is CO[C@H](CNC(=O)N(C)[C@H](C)c1cccnc1)c1cccc(Cl)c1. The first-order valence-electron chi connectivity index (χ1n) is 7.71. The number of carbonyl (C=O) groups excluding carboxylic acids is 1. The Morgan fingerprint density at radius 1 is 1.33 bits per heavy atom. The average Bonchev–Trinajstić information content (AvgIpc) is 2.61. The Kier molecular flexibility index (Phi) is 6.58. The number of amides is 2. The molecule has 0 spiro atoms. The van der Waals surface area contributed by atoms with E-state index in [-0.39, 0.29) is 18.2 Å². The second-order valence-electron chi connectivity index (χ2n) is 5.54. The lowest BCUT2D eigenvalue weighted by molar-refractivity contribution is 0.101. The Morgan fingerprint density at radius 2 is 2.08 bits per heavy atom. The third-order valence-corrected chi connectivity index (χ3v) is 4.25. The molecule has 2 amide bonds. The third kappa shape index (κ3) is 4.69. The van der Waals surface area contributed by atoms with Gasteiger partial charge in [-0.2, -0.15) is 0 Å². The average molecular weight is 348 g/mol. The van der Waals surface area contributed by atoms with E-state index in [1.54, 1.807) is 37.5 Å². The van der Waals surface area contributed by atoms with E-state index in [2.05, 4.69) is 10.3 Å². The van der Waals surface area contributed by atoms with Gasteiger partial charge in [-0.1, -0.05) is 29.8 Å². The molecule has 1 aromatic heterocycles. The molecule has 1 aromatic carbocycles. The lowest BCUT2D eigenvalue weighted by Gasteiger charge is -2.26. The van der Waals surface area contributed by atoms with Crippen molar-refractivity contribution in [2.24, 2.45) is 0 Å². The molecule has 5 nitrogen and oxygen atoms in total. The summed E-state index contributed by atoms with van der Waals surface area (Å²) in [5, 5.41) is 3.54. The van der Waals surface area contributed by atoms with Gasteiger partial charge in [-0.25, -0.2) is 4.79 Å². The molecule has 0 aliphatic heterocycles. The second-order valence-corrected chi connectivity index (χ2v) is 5.98. The molecule has 0 aliphatic rings. The first-order chi connectivity index (χ1) is 11.5. The molecule has 128 valence electrons. The van der Waals surface area contributed by atoms with E-state index in [4.69, 9.17) is 16.3 Å². The predicted octanol–water partition coefficient (Wildman–Crippen LogP) is 3.83. The molecule has 0 fully saturated rings. The summed E-state index contributed by atoms with van der Waals surface area (Å²) in [7, 11) is 3.37. The zero-order chi connectivity index (χ0) is 17.5. The number of nitrogens with zero attached hydrogens (tertiary/aromatic N) is 2. The molecular weight excluding hydrogens is 326 g/mol. The van der Waals surface area contributed by atoms with Crippen molar-refractivity contribution in [2.75, 3.05) is 20.7 Å². The van der Waals surface area contributed by atoms with Crippen LogP contribution < -0.4 is 5.32 Å². The molecule has 0 aliphatic carbocycles. The minimum atomic E-state index is -0.255. The molecule has 1 N–H and O–H groups in total. The van der Waals surface area contributed by atoms with Crippen LogP contribution >= 0.6 is 11.6 Å². The van der Waals surface area contributed by atoms with Gasteiger partial charge in [0.15, 0.2) is 0 Å². The number of hydrogen-bond acceptors (Lipinski definition) is 3. The van der Waals surface area contributed by atoms with Crippen LogP contribution in [0.5, 0.6) is 0 Å². The van der Waals surface area contributed by atoms with Crippen LogP contribution in [0.3, 0.4) is 0 Å². The maximum atomic E-state index is 12.4. The lowest BCUT2D eigenvalue weighted by atomic mass is 10.1. The van der Waals surface area contributed by atoms with Gasteiger partial charge in [0.25, 0.3) is 0 Å². The summed E-state index contributed by atoms with van der Waals surface area (Å²) in [5.41, 5.74) is 1.90. The highest BCUT2D eigenvalue weighted by Crippen LogP contribution is 2.21. The topological polar surface area (TPSA) is 54.5 Å². The van der Waals surface area contributed by atoms with E-state index in [1.165, 1.54) is 0 Å². The van der Waals surface area contributed by atoms with Crippen molar-refractivity contribution in [3.8, 4) is 0 Å². The van der Waals surface area contributed by atoms with E-state index in [0.29, 0.717) is 11.6 Å². The van der Waals surface area contributed by atoms with Gasteiger partial charge in [0.2, 0.25) is 0 Å². The molecule has 1 heterocycles. The lowest BCUT2D eigenvalue weighted by Crippen LogP contribution is -2.40. The molecule has 24 heavy (non-hydrogen) atoms. The number of halogens is 1. The van der Waals surface area contributed by atoms with Gasteiger partial charge in [-0.3, -0.25) is 4.98 Å². The number of methoxy groups -OCH3 is 1. The summed E-state index contributed by atoms with van der Waals surface area (Å²) in [5.74, 6) is 0. The van der Waals surface area contributed by atoms with Crippen LogP contribution in [0.2, 0.25) is 5.02 Å². The van der Waals surface area contributed by atoms with Crippen LogP contribution in [-0.2, 0) is 4.74 Å². The van der Waals surface area contributed by atoms with Crippen molar-refractivity contribution in [3.63, 3.8) is 0 Å². The summed E-state index contributed by atoms with van der Waals surface area (Å²) >= 11 is 6.01. The standard InChI is InChI=1S/C18H22ClN3O2/c1-13(15-7-5-9-20-11-15)22(2)18(23)21-12-17(24-3)14-6-4-8-16(19)10-14/h4-11,13,17H,12H2,1-3H3,(H,21,23)/t13-,17-/m1/s1. The van der Waals surface area contributed by atoms with Crippen molar-refractivity contribution in [1.29, 1.82) is 0 Å². The fourth-order valence-electron chi connectivity index (χ4n) is 2.37. The van der Waals surface area contributed by atoms with Crippen LogP contribution in [0.1, 0.15) is 30.2 Å². The molecule has 6 heteroatoms. The van der Waals surface area contributed by atoms with Crippen LogP contribution in [0, 0.1) is 0 Å². The number of pyridine rings is 1. The van der Waals surface area contributed by atoms with Gasteiger partial charge in [-0.15, -0.1) is 0 Å². The smallest absolute Gasteiger partial charge is 0.317 e. The summed E-state index contributed by atoms with van der Waals surface area (Å²) in [4.78, 5) is 18.1. The van der Waals surface area contributed by atoms with E-state index in [0.717, 1.165) is 11.1 Å². The van der Waals surface area contributed by atoms with E-state index >= 15 is 0 Å². The van der Waals surface area contributed by atoms with Gasteiger partial charge >= 0.3 is 6.03 Å². The number of urea groups is 1. The number of carbonyl (C=O) groups is 1. The Balaban J connectivity index is 1.96. The van der Waals surface area contributed by atoms with Crippen molar-refractivity contribution >= 4 is 17.6 Å². The Labute approximate surface area is 147 Å². The van der Waals surface area contributed by atoms with Gasteiger partial charge in [0, 0.05) is 38.1 Å². The molecule has 0 radical (unpaired) electrons. The largest absolute Gasteiger partial charge is 0.375 e. The van der Waals surface area contributed by atoms with E-state index in [9.17, 15) is 4.79 Å². The summed E-state index contributed by atoms with van der Waals surface area (Å²) in [6.07, 6.45) is 3.22. The molecule has 0 bridgehead atoms. The first kappa shape index (κ1) is 18.2. The quantitative estimate of drug-likeness (QED) is 0.864. The Bertz CT molecular complexity index is 666. The van der Waals surface area contributed by atoms with Crippen LogP contribution in [-0.4, -0.2) is 36.6 Å². The van der Waals surface area contributed by atoms with Crippen molar-refractivity contribution in [3.05, 3.63) is 64.9 Å². The highest BCUT2D eigenvalue weighted by molar-refractivity contribution is 6.30. The van der Waals surface area contributed by atoms with Gasteiger partial charge in [0.05, 0.1) is 12.1 Å². The maximum absolute atomic E-state index is 12.4. The van der Waals surface area contributed by atoms with Crippen LogP contribution in [0.25, 0.3) is 0 Å². The summed E-state index contributed by atoms with van der Waals surface area (Å²) < 4.78 is 5.46. The Hall–Kier alpha value is -2.11. The van der Waals surface area contributed by atoms with E-state index in [1.807, 2.05) is 37.3 Å². The molecule has 0 saturated heterocycles. The third-order valence-electron chi connectivity index (χ3n) is 4.01. The fourth-order valence-corrected chi connectivity index (χ4v) is 2.57. The van der Waals surface area contributed by atoms with Crippen molar-refractivity contribution in [2.45, 2.75) is 19.1 Å². The molecule has 2 atom stereocenters.